The second-order valence-electron chi connectivity index (χ2n) is 5.36. The third kappa shape index (κ3) is 2.19. The number of aryl methyl sites for hydroxylation is 1. The van der Waals surface area contributed by atoms with Crippen LogP contribution in [0.25, 0.3) is 0 Å². The van der Waals surface area contributed by atoms with E-state index in [1.807, 2.05) is 11.3 Å². The van der Waals surface area contributed by atoms with E-state index in [0.717, 1.165) is 25.9 Å². The molecule has 1 aliphatic carbocycles. The Bertz CT molecular complexity index is 435. The first kappa shape index (κ1) is 12.2. The molecule has 0 saturated carbocycles. The van der Waals surface area contributed by atoms with E-state index < -0.39 is 5.97 Å². The van der Waals surface area contributed by atoms with Crippen LogP contribution in [-0.2, 0) is 11.2 Å². The zero-order valence-corrected chi connectivity index (χ0v) is 11.3. The Morgan fingerprint density at radius 3 is 2.83 bits per heavy atom. The van der Waals surface area contributed by atoms with E-state index in [-0.39, 0.29) is 5.92 Å². The van der Waals surface area contributed by atoms with Crippen molar-refractivity contribution in [2.24, 2.45) is 5.92 Å². The number of carboxylic acids is 1. The number of piperidine rings is 1. The summed E-state index contributed by atoms with van der Waals surface area (Å²) in [5.41, 5.74) is 1.51. The number of aliphatic carboxylic acids is 1. The van der Waals surface area contributed by atoms with Crippen molar-refractivity contribution >= 4 is 17.3 Å². The van der Waals surface area contributed by atoms with Crippen molar-refractivity contribution in [3.05, 3.63) is 21.9 Å². The van der Waals surface area contributed by atoms with Gasteiger partial charge in [0.1, 0.15) is 0 Å². The largest absolute Gasteiger partial charge is 0.481 e. The van der Waals surface area contributed by atoms with Crippen LogP contribution in [0.5, 0.6) is 0 Å². The van der Waals surface area contributed by atoms with Crippen molar-refractivity contribution in [3.63, 3.8) is 0 Å². The van der Waals surface area contributed by atoms with E-state index in [9.17, 15) is 4.79 Å². The van der Waals surface area contributed by atoms with Gasteiger partial charge in [-0.3, -0.25) is 9.69 Å². The standard InChI is InChI=1S/C14H19NO2S/c16-14(17)10-4-7-15(8-5-10)12-2-1-3-13-11(12)6-9-18-13/h6,9-10,12H,1-5,7-8H2,(H,16,17). The molecule has 3 rings (SSSR count). The van der Waals surface area contributed by atoms with Crippen LogP contribution >= 0.6 is 11.3 Å². The van der Waals surface area contributed by atoms with Crippen molar-refractivity contribution in [2.45, 2.75) is 38.1 Å². The van der Waals surface area contributed by atoms with Gasteiger partial charge >= 0.3 is 5.97 Å². The first-order chi connectivity index (χ1) is 8.75. The molecule has 2 heterocycles. The smallest absolute Gasteiger partial charge is 0.306 e. The first-order valence-corrected chi connectivity index (χ1v) is 7.67. The second-order valence-corrected chi connectivity index (χ2v) is 6.36. The summed E-state index contributed by atoms with van der Waals surface area (Å²) < 4.78 is 0. The highest BCUT2D eigenvalue weighted by molar-refractivity contribution is 7.10. The predicted molar refractivity (Wildman–Crippen MR) is 71.9 cm³/mol. The van der Waals surface area contributed by atoms with Crippen molar-refractivity contribution < 1.29 is 9.90 Å². The fourth-order valence-corrected chi connectivity index (χ4v) is 4.28. The minimum atomic E-state index is -0.616. The highest BCUT2D eigenvalue weighted by Crippen LogP contribution is 2.38. The molecule has 1 aliphatic heterocycles. The molecule has 0 bridgehead atoms. The summed E-state index contributed by atoms with van der Waals surface area (Å²) in [6, 6.07) is 2.82. The zero-order valence-electron chi connectivity index (χ0n) is 10.5. The van der Waals surface area contributed by atoms with E-state index in [1.165, 1.54) is 24.8 Å². The molecule has 3 nitrogen and oxygen atoms in total. The summed E-state index contributed by atoms with van der Waals surface area (Å²) in [5.74, 6) is -0.735. The number of nitrogens with zero attached hydrogens (tertiary/aromatic N) is 1. The van der Waals surface area contributed by atoms with Crippen molar-refractivity contribution in [3.8, 4) is 0 Å². The maximum atomic E-state index is 11.0. The molecule has 98 valence electrons. The minimum absolute atomic E-state index is 0.119. The highest BCUT2D eigenvalue weighted by Gasteiger charge is 2.31. The van der Waals surface area contributed by atoms with E-state index >= 15 is 0 Å². The van der Waals surface area contributed by atoms with Gasteiger partial charge in [-0.1, -0.05) is 0 Å². The summed E-state index contributed by atoms with van der Waals surface area (Å²) in [7, 11) is 0. The van der Waals surface area contributed by atoms with Crippen LogP contribution < -0.4 is 0 Å². The van der Waals surface area contributed by atoms with Gasteiger partial charge in [0.2, 0.25) is 0 Å². The van der Waals surface area contributed by atoms with Gasteiger partial charge in [-0.05, 0) is 62.2 Å². The van der Waals surface area contributed by atoms with Crippen LogP contribution in [-0.4, -0.2) is 29.1 Å². The van der Waals surface area contributed by atoms with Gasteiger partial charge in [0.05, 0.1) is 5.92 Å². The Balaban J connectivity index is 1.69. The quantitative estimate of drug-likeness (QED) is 0.894. The van der Waals surface area contributed by atoms with Crippen LogP contribution in [0.4, 0.5) is 0 Å². The number of fused-ring (bicyclic) bond motifs is 1. The molecule has 0 aromatic carbocycles. The molecule has 4 heteroatoms. The molecule has 1 N–H and O–H groups in total. The Morgan fingerprint density at radius 2 is 2.11 bits per heavy atom. The fourth-order valence-electron chi connectivity index (χ4n) is 3.30. The van der Waals surface area contributed by atoms with E-state index in [1.54, 1.807) is 4.88 Å². The van der Waals surface area contributed by atoms with E-state index in [4.69, 9.17) is 5.11 Å². The van der Waals surface area contributed by atoms with Crippen LogP contribution in [0.15, 0.2) is 11.4 Å². The third-order valence-corrected chi connectivity index (χ3v) is 5.34. The first-order valence-electron chi connectivity index (χ1n) is 6.79. The van der Waals surface area contributed by atoms with Crippen molar-refractivity contribution in [2.75, 3.05) is 13.1 Å². The molecule has 1 aromatic heterocycles. The molecule has 1 aromatic rings. The van der Waals surface area contributed by atoms with Crippen LogP contribution in [0.2, 0.25) is 0 Å². The summed E-state index contributed by atoms with van der Waals surface area (Å²) in [6.07, 6.45) is 5.37. The van der Waals surface area contributed by atoms with Gasteiger partial charge in [0, 0.05) is 10.9 Å². The summed E-state index contributed by atoms with van der Waals surface area (Å²) in [4.78, 5) is 15.0. The zero-order chi connectivity index (χ0) is 12.5. The number of rotatable bonds is 2. The Morgan fingerprint density at radius 1 is 1.33 bits per heavy atom. The number of hydrogen-bond acceptors (Lipinski definition) is 3. The maximum absolute atomic E-state index is 11.0. The average Bonchev–Trinajstić information content (AvgIpc) is 2.87. The Hall–Kier alpha value is -0.870. The number of carbonyl (C=O) groups is 1. The fraction of sp³-hybridized carbons (Fsp3) is 0.643. The topological polar surface area (TPSA) is 40.5 Å². The Labute approximate surface area is 111 Å². The lowest BCUT2D eigenvalue weighted by atomic mass is 9.89. The third-order valence-electron chi connectivity index (χ3n) is 4.34. The molecule has 1 unspecified atom stereocenters. The number of likely N-dealkylation sites (tertiary alicyclic amines) is 1. The lowest BCUT2D eigenvalue weighted by molar-refractivity contribution is -0.143. The number of hydrogen-bond donors (Lipinski definition) is 1. The molecule has 0 amide bonds. The van der Waals surface area contributed by atoms with Gasteiger partial charge in [-0.2, -0.15) is 0 Å². The maximum Gasteiger partial charge on any atom is 0.306 e. The van der Waals surface area contributed by atoms with E-state index in [0.29, 0.717) is 6.04 Å². The number of carboxylic acid groups (broad SMARTS) is 1. The van der Waals surface area contributed by atoms with Gasteiger partial charge in [-0.25, -0.2) is 0 Å². The molecule has 1 fully saturated rings. The molecule has 1 atom stereocenters. The molecular formula is C14H19NO2S. The van der Waals surface area contributed by atoms with Gasteiger partial charge in [0.25, 0.3) is 0 Å². The number of thiophene rings is 1. The Kier molecular flexibility index (Phi) is 3.39. The molecule has 2 aliphatic rings. The van der Waals surface area contributed by atoms with Gasteiger partial charge in [0.15, 0.2) is 0 Å². The second kappa shape index (κ2) is 5.02. The normalized spacial score (nSPS) is 25.9. The lowest BCUT2D eigenvalue weighted by Gasteiger charge is -2.38. The average molecular weight is 265 g/mol. The van der Waals surface area contributed by atoms with Crippen LogP contribution in [0, 0.1) is 5.92 Å². The van der Waals surface area contributed by atoms with Gasteiger partial charge < -0.3 is 5.11 Å². The summed E-state index contributed by atoms with van der Waals surface area (Å²) in [5, 5.41) is 11.2. The molecular weight excluding hydrogens is 246 g/mol. The van der Waals surface area contributed by atoms with Crippen LogP contribution in [0.3, 0.4) is 0 Å². The summed E-state index contributed by atoms with van der Waals surface area (Å²) in [6.45, 7) is 1.88. The van der Waals surface area contributed by atoms with Crippen molar-refractivity contribution in [1.82, 2.24) is 4.90 Å². The minimum Gasteiger partial charge on any atom is -0.481 e. The molecule has 18 heavy (non-hydrogen) atoms. The molecule has 0 spiro atoms. The van der Waals surface area contributed by atoms with E-state index in [2.05, 4.69) is 16.3 Å². The van der Waals surface area contributed by atoms with Crippen LogP contribution in [0.1, 0.15) is 42.2 Å². The monoisotopic (exact) mass is 265 g/mol. The van der Waals surface area contributed by atoms with Gasteiger partial charge in [-0.15, -0.1) is 11.3 Å². The SMILES string of the molecule is O=C(O)C1CCN(C2CCCc3sccc32)CC1. The molecule has 0 radical (unpaired) electrons. The summed E-state index contributed by atoms with van der Waals surface area (Å²) >= 11 is 1.88. The lowest BCUT2D eigenvalue weighted by Crippen LogP contribution is -2.39. The predicted octanol–water partition coefficient (Wildman–Crippen LogP) is 2.92. The molecule has 1 saturated heterocycles. The highest BCUT2D eigenvalue weighted by atomic mass is 32.1. The van der Waals surface area contributed by atoms with Crippen molar-refractivity contribution in [1.29, 1.82) is 0 Å².